The largest absolute Gasteiger partial charge is 0.493 e. The summed E-state index contributed by atoms with van der Waals surface area (Å²) in [4.78, 5) is 39.2. The predicted molar refractivity (Wildman–Crippen MR) is 149 cm³/mol. The molecule has 0 saturated heterocycles. The van der Waals surface area contributed by atoms with E-state index < -0.39 is 17.5 Å². The van der Waals surface area contributed by atoms with Crippen LogP contribution in [0.15, 0.2) is 42.1 Å². The average Bonchev–Trinajstić information content (AvgIpc) is 2.96. The zero-order chi connectivity index (χ0) is 27.8. The second-order valence-corrected chi connectivity index (χ2v) is 10.1. The fourth-order valence-electron chi connectivity index (χ4n) is 5.54. The molecule has 0 bridgehead atoms. The van der Waals surface area contributed by atoms with Gasteiger partial charge in [0.1, 0.15) is 5.70 Å². The first-order valence-corrected chi connectivity index (χ1v) is 13.7. The Morgan fingerprint density at radius 3 is 2.15 bits per heavy atom. The van der Waals surface area contributed by atoms with Crippen LogP contribution in [0, 0.1) is 5.92 Å². The minimum Gasteiger partial charge on any atom is -0.493 e. The first-order valence-electron chi connectivity index (χ1n) is 13.7. The number of fused-ring (bicyclic) bond motifs is 1. The molecule has 39 heavy (non-hydrogen) atoms. The highest BCUT2D eigenvalue weighted by Gasteiger charge is 2.33. The monoisotopic (exact) mass is 534 g/mol. The van der Waals surface area contributed by atoms with Crippen molar-refractivity contribution in [3.05, 3.63) is 58.8 Å². The Bertz CT molecular complexity index is 1220. The fourth-order valence-corrected chi connectivity index (χ4v) is 5.54. The summed E-state index contributed by atoms with van der Waals surface area (Å²) in [5.41, 5.74) is 2.05. The fraction of sp³-hybridized carbons (Fsp3) is 0.452. The van der Waals surface area contributed by atoms with Gasteiger partial charge in [-0.05, 0) is 30.0 Å². The van der Waals surface area contributed by atoms with Gasteiger partial charge in [0.25, 0.3) is 5.78 Å². The van der Waals surface area contributed by atoms with Crippen LogP contribution in [0.25, 0.3) is 5.70 Å². The second kappa shape index (κ2) is 13.3. The molecule has 208 valence electrons. The summed E-state index contributed by atoms with van der Waals surface area (Å²) in [5, 5.41) is 6.10. The molecule has 2 aliphatic rings. The average molecular weight is 535 g/mol. The third kappa shape index (κ3) is 6.61. The molecular formula is C31H38N2O6. The highest BCUT2D eigenvalue weighted by atomic mass is 16.5. The van der Waals surface area contributed by atoms with E-state index in [-0.39, 0.29) is 12.1 Å². The Hall–Kier alpha value is -3.81. The van der Waals surface area contributed by atoms with Gasteiger partial charge < -0.3 is 24.8 Å². The van der Waals surface area contributed by atoms with Crippen LogP contribution in [0.3, 0.4) is 0 Å². The van der Waals surface area contributed by atoms with E-state index in [1.165, 1.54) is 59.9 Å². The lowest BCUT2D eigenvalue weighted by Crippen LogP contribution is -2.38. The van der Waals surface area contributed by atoms with Crippen molar-refractivity contribution >= 4 is 23.2 Å². The lowest BCUT2D eigenvalue weighted by atomic mass is 9.86. The highest BCUT2D eigenvalue weighted by molar-refractivity contribution is 6.52. The standard InChI is InChI=1S/C31H38N2O6/c1-37-24-17-21(18-25(38-2)31(24)39-3)19-26(34)33-28-27(22-14-7-8-15-23(22)29(35)30(28)36)32-16-10-9-13-20-11-5-4-6-12-20/h7-8,14-15,17-18,20,32H,4-6,9-13,16,19H2,1-3H3,(H,33,34). The topological polar surface area (TPSA) is 103 Å². The van der Waals surface area contributed by atoms with E-state index in [1.807, 2.05) is 6.07 Å². The Morgan fingerprint density at radius 1 is 0.846 bits per heavy atom. The van der Waals surface area contributed by atoms with E-state index in [9.17, 15) is 14.4 Å². The van der Waals surface area contributed by atoms with Gasteiger partial charge in [-0.2, -0.15) is 0 Å². The normalized spacial score (nSPS) is 15.6. The van der Waals surface area contributed by atoms with Gasteiger partial charge in [-0.1, -0.05) is 69.2 Å². The van der Waals surface area contributed by atoms with Crippen LogP contribution in [0.5, 0.6) is 17.2 Å². The number of amides is 1. The Balaban J connectivity index is 1.51. The van der Waals surface area contributed by atoms with E-state index in [1.54, 1.807) is 30.3 Å². The SMILES string of the molecule is COc1cc(CC(=O)NC2=C(NCCCCC3CCCCC3)c3ccccc3C(=O)C2=O)cc(OC)c1OC. The predicted octanol–water partition coefficient (Wildman–Crippen LogP) is 4.85. The van der Waals surface area contributed by atoms with Crippen molar-refractivity contribution in [3.63, 3.8) is 0 Å². The van der Waals surface area contributed by atoms with E-state index in [0.717, 1.165) is 18.8 Å². The number of Topliss-reactive ketones (excluding diaryl/α,β-unsaturated/α-hetero) is 2. The molecule has 2 aliphatic carbocycles. The minimum absolute atomic E-state index is 0.0107. The molecule has 1 fully saturated rings. The molecule has 0 spiro atoms. The number of carbonyl (C=O) groups excluding carboxylic acids is 3. The van der Waals surface area contributed by atoms with E-state index in [0.29, 0.717) is 46.2 Å². The maximum atomic E-state index is 13.1. The van der Waals surface area contributed by atoms with Crippen LogP contribution in [0.2, 0.25) is 0 Å². The van der Waals surface area contributed by atoms with E-state index >= 15 is 0 Å². The molecule has 1 saturated carbocycles. The number of ether oxygens (including phenoxy) is 3. The molecule has 0 aliphatic heterocycles. The highest BCUT2D eigenvalue weighted by Crippen LogP contribution is 2.38. The van der Waals surface area contributed by atoms with Crippen LogP contribution < -0.4 is 24.8 Å². The maximum absolute atomic E-state index is 13.1. The molecule has 0 unspecified atom stereocenters. The number of allylic oxidation sites excluding steroid dienone is 1. The molecule has 8 nitrogen and oxygen atoms in total. The number of rotatable bonds is 12. The van der Waals surface area contributed by atoms with Crippen molar-refractivity contribution in [2.75, 3.05) is 27.9 Å². The van der Waals surface area contributed by atoms with Gasteiger partial charge in [-0.25, -0.2) is 0 Å². The van der Waals surface area contributed by atoms with Crippen LogP contribution >= 0.6 is 0 Å². The van der Waals surface area contributed by atoms with Crippen molar-refractivity contribution in [2.24, 2.45) is 5.92 Å². The van der Waals surface area contributed by atoms with Gasteiger partial charge in [0.2, 0.25) is 17.4 Å². The lowest BCUT2D eigenvalue weighted by Gasteiger charge is -2.24. The van der Waals surface area contributed by atoms with Crippen molar-refractivity contribution in [1.82, 2.24) is 10.6 Å². The lowest BCUT2D eigenvalue weighted by molar-refractivity contribution is -0.121. The van der Waals surface area contributed by atoms with E-state index in [4.69, 9.17) is 14.2 Å². The number of carbonyl (C=O) groups is 3. The molecule has 1 amide bonds. The van der Waals surface area contributed by atoms with Crippen molar-refractivity contribution < 1.29 is 28.6 Å². The number of nitrogens with one attached hydrogen (secondary N) is 2. The van der Waals surface area contributed by atoms with Crippen molar-refractivity contribution in [2.45, 2.75) is 57.8 Å². The number of ketones is 2. The quantitative estimate of drug-likeness (QED) is 0.297. The summed E-state index contributed by atoms with van der Waals surface area (Å²) in [5.74, 6) is 0.299. The zero-order valence-corrected chi connectivity index (χ0v) is 23.1. The number of unbranched alkanes of at least 4 members (excludes halogenated alkanes) is 1. The number of benzene rings is 2. The Kier molecular flexibility index (Phi) is 9.63. The molecule has 0 radical (unpaired) electrons. The number of hydrogen-bond acceptors (Lipinski definition) is 7. The Morgan fingerprint density at radius 2 is 1.51 bits per heavy atom. The van der Waals surface area contributed by atoms with Crippen LogP contribution in [-0.2, 0) is 16.0 Å². The smallest absolute Gasteiger partial charge is 0.251 e. The van der Waals surface area contributed by atoms with E-state index in [2.05, 4.69) is 10.6 Å². The van der Waals surface area contributed by atoms with Gasteiger partial charge in [0.05, 0.1) is 33.4 Å². The van der Waals surface area contributed by atoms with Crippen LogP contribution in [0.4, 0.5) is 0 Å². The van der Waals surface area contributed by atoms with Gasteiger partial charge in [-0.15, -0.1) is 0 Å². The third-order valence-electron chi connectivity index (χ3n) is 7.54. The van der Waals surface area contributed by atoms with Crippen LogP contribution in [0.1, 0.15) is 72.9 Å². The molecule has 0 aromatic heterocycles. The molecule has 0 heterocycles. The molecule has 0 atom stereocenters. The molecule has 2 N–H and O–H groups in total. The molecular weight excluding hydrogens is 496 g/mol. The van der Waals surface area contributed by atoms with Crippen molar-refractivity contribution in [3.8, 4) is 17.2 Å². The summed E-state index contributed by atoms with van der Waals surface area (Å²) in [7, 11) is 4.51. The number of methoxy groups -OCH3 is 3. The summed E-state index contributed by atoms with van der Waals surface area (Å²) < 4.78 is 16.1. The minimum atomic E-state index is -0.725. The molecule has 8 heteroatoms. The Labute approximate surface area is 230 Å². The molecule has 2 aromatic carbocycles. The first-order chi connectivity index (χ1) is 19.0. The summed E-state index contributed by atoms with van der Waals surface area (Å²) >= 11 is 0. The zero-order valence-electron chi connectivity index (χ0n) is 23.1. The summed E-state index contributed by atoms with van der Waals surface area (Å²) in [6.45, 7) is 0.643. The van der Waals surface area contributed by atoms with Gasteiger partial charge in [0, 0.05) is 17.7 Å². The van der Waals surface area contributed by atoms with Gasteiger partial charge in [-0.3, -0.25) is 14.4 Å². The van der Waals surface area contributed by atoms with Crippen molar-refractivity contribution in [1.29, 1.82) is 0 Å². The molecule has 4 rings (SSSR count). The molecule has 2 aromatic rings. The number of hydrogen-bond donors (Lipinski definition) is 2. The summed E-state index contributed by atoms with van der Waals surface area (Å²) in [6.07, 6.45) is 9.87. The maximum Gasteiger partial charge on any atom is 0.251 e. The first kappa shape index (κ1) is 28.2. The second-order valence-electron chi connectivity index (χ2n) is 10.1. The summed E-state index contributed by atoms with van der Waals surface area (Å²) in [6, 6.07) is 10.4. The van der Waals surface area contributed by atoms with Gasteiger partial charge >= 0.3 is 0 Å². The third-order valence-corrected chi connectivity index (χ3v) is 7.54. The van der Waals surface area contributed by atoms with Crippen LogP contribution in [-0.4, -0.2) is 45.3 Å². The van der Waals surface area contributed by atoms with Gasteiger partial charge in [0.15, 0.2) is 11.5 Å².